The quantitative estimate of drug-likeness (QED) is 0.698. The predicted octanol–water partition coefficient (Wildman–Crippen LogP) is 0.526. The van der Waals surface area contributed by atoms with Crippen molar-refractivity contribution in [2.75, 3.05) is 12.3 Å². The summed E-state index contributed by atoms with van der Waals surface area (Å²) in [5, 5.41) is 7.75. The second kappa shape index (κ2) is 3.38. The van der Waals surface area contributed by atoms with Gasteiger partial charge in [0.25, 0.3) is 0 Å². The van der Waals surface area contributed by atoms with Crippen LogP contribution < -0.4 is 11.1 Å². The first-order valence-corrected chi connectivity index (χ1v) is 4.79. The van der Waals surface area contributed by atoms with Gasteiger partial charge in [-0.25, -0.2) is 4.68 Å². The molecule has 72 valence electrons. The first kappa shape index (κ1) is 8.56. The number of nitrogens with one attached hydrogen (secondary N) is 1. The zero-order chi connectivity index (χ0) is 9.26. The van der Waals surface area contributed by atoms with Gasteiger partial charge < -0.3 is 11.1 Å². The molecule has 1 fully saturated rings. The van der Waals surface area contributed by atoms with Crippen LogP contribution in [0.4, 0.5) is 5.82 Å². The molecule has 0 aromatic carbocycles. The third kappa shape index (κ3) is 1.83. The van der Waals surface area contributed by atoms with Gasteiger partial charge in [-0.1, -0.05) is 0 Å². The fourth-order valence-corrected chi connectivity index (χ4v) is 1.83. The monoisotopic (exact) mass is 180 g/mol. The van der Waals surface area contributed by atoms with Crippen molar-refractivity contribution in [1.82, 2.24) is 15.1 Å². The Labute approximate surface area is 78.1 Å². The normalized spacial score (nSPS) is 22.4. The molecule has 0 radical (unpaired) electrons. The van der Waals surface area contributed by atoms with Crippen molar-refractivity contribution in [3.63, 3.8) is 0 Å². The van der Waals surface area contributed by atoms with Crippen LogP contribution in [0.2, 0.25) is 0 Å². The van der Waals surface area contributed by atoms with Crippen molar-refractivity contribution < 1.29 is 0 Å². The number of nitrogens with two attached hydrogens (primary N) is 1. The molecule has 3 N–H and O–H groups in total. The fourth-order valence-electron chi connectivity index (χ4n) is 1.83. The predicted molar refractivity (Wildman–Crippen MR) is 52.4 cm³/mol. The number of aryl methyl sites for hydroxylation is 1. The Balaban J connectivity index is 2.03. The molecule has 0 amide bonds. The Bertz CT molecular complexity index is 286. The largest absolute Gasteiger partial charge is 0.384 e. The molecule has 0 bridgehead atoms. The van der Waals surface area contributed by atoms with E-state index in [1.165, 1.54) is 12.8 Å². The van der Waals surface area contributed by atoms with Gasteiger partial charge in [-0.05, 0) is 26.3 Å². The second-order valence-electron chi connectivity index (χ2n) is 3.69. The van der Waals surface area contributed by atoms with E-state index in [1.54, 1.807) is 0 Å². The highest BCUT2D eigenvalue weighted by Crippen LogP contribution is 2.11. The number of hydrogen-bond donors (Lipinski definition) is 2. The van der Waals surface area contributed by atoms with Crippen LogP contribution in [0.3, 0.4) is 0 Å². The number of aromatic nitrogens is 2. The van der Waals surface area contributed by atoms with E-state index in [0.29, 0.717) is 6.04 Å². The Morgan fingerprint density at radius 3 is 3.15 bits per heavy atom. The zero-order valence-electron chi connectivity index (χ0n) is 7.95. The van der Waals surface area contributed by atoms with Crippen molar-refractivity contribution in [3.8, 4) is 0 Å². The Kier molecular flexibility index (Phi) is 2.22. The minimum Gasteiger partial charge on any atom is -0.384 e. The van der Waals surface area contributed by atoms with Gasteiger partial charge in [0, 0.05) is 12.1 Å². The number of nitrogens with zero attached hydrogens (tertiary/aromatic N) is 2. The highest BCUT2D eigenvalue weighted by Gasteiger charge is 2.15. The highest BCUT2D eigenvalue weighted by molar-refractivity contribution is 5.30. The average Bonchev–Trinajstić information content (AvgIpc) is 2.63. The van der Waals surface area contributed by atoms with Crippen LogP contribution in [-0.4, -0.2) is 22.4 Å². The molecule has 1 saturated heterocycles. The molecule has 0 spiro atoms. The lowest BCUT2D eigenvalue weighted by Gasteiger charge is -2.10. The molecule has 0 saturated carbocycles. The Hall–Kier alpha value is -1.03. The number of rotatable bonds is 2. The maximum atomic E-state index is 5.79. The summed E-state index contributed by atoms with van der Waals surface area (Å²) in [7, 11) is 0. The van der Waals surface area contributed by atoms with Crippen molar-refractivity contribution in [1.29, 1.82) is 0 Å². The number of nitrogen functional groups attached to an aromatic ring is 1. The van der Waals surface area contributed by atoms with Gasteiger partial charge in [0.2, 0.25) is 0 Å². The fraction of sp³-hybridized carbons (Fsp3) is 0.667. The lowest BCUT2D eigenvalue weighted by atomic mass is 10.2. The Morgan fingerprint density at radius 2 is 2.62 bits per heavy atom. The standard InChI is InChI=1S/C9H16N4/c1-7-5-9(10)13(12-7)6-8-3-2-4-11-8/h5,8,11H,2-4,6,10H2,1H3/t8-/m1/s1. The van der Waals surface area contributed by atoms with E-state index in [4.69, 9.17) is 5.73 Å². The minimum absolute atomic E-state index is 0.557. The molecule has 0 aliphatic carbocycles. The third-order valence-corrected chi connectivity index (χ3v) is 2.49. The molecule has 1 aliphatic rings. The third-order valence-electron chi connectivity index (χ3n) is 2.49. The SMILES string of the molecule is Cc1cc(N)n(C[C@H]2CCCN2)n1. The molecular weight excluding hydrogens is 164 g/mol. The second-order valence-corrected chi connectivity index (χ2v) is 3.69. The first-order valence-electron chi connectivity index (χ1n) is 4.79. The maximum absolute atomic E-state index is 5.79. The summed E-state index contributed by atoms with van der Waals surface area (Å²) in [4.78, 5) is 0. The molecule has 1 aromatic heterocycles. The van der Waals surface area contributed by atoms with E-state index >= 15 is 0 Å². The molecule has 2 rings (SSSR count). The molecule has 4 nitrogen and oxygen atoms in total. The van der Waals surface area contributed by atoms with Gasteiger partial charge in [0.1, 0.15) is 5.82 Å². The molecule has 1 aromatic rings. The summed E-state index contributed by atoms with van der Waals surface area (Å²) in [5.41, 5.74) is 6.79. The number of anilines is 1. The summed E-state index contributed by atoms with van der Waals surface area (Å²) in [6, 6.07) is 2.47. The van der Waals surface area contributed by atoms with Gasteiger partial charge in [-0.2, -0.15) is 5.10 Å². The van der Waals surface area contributed by atoms with Crippen molar-refractivity contribution in [2.45, 2.75) is 32.4 Å². The lowest BCUT2D eigenvalue weighted by molar-refractivity contribution is 0.479. The number of hydrogen-bond acceptors (Lipinski definition) is 3. The van der Waals surface area contributed by atoms with E-state index in [9.17, 15) is 0 Å². The summed E-state index contributed by atoms with van der Waals surface area (Å²) in [6.45, 7) is 4.00. The first-order chi connectivity index (χ1) is 6.25. The van der Waals surface area contributed by atoms with Crippen molar-refractivity contribution >= 4 is 5.82 Å². The van der Waals surface area contributed by atoms with Crippen LogP contribution in [0.15, 0.2) is 6.07 Å². The van der Waals surface area contributed by atoms with Crippen LogP contribution in [0.1, 0.15) is 18.5 Å². The summed E-state index contributed by atoms with van der Waals surface area (Å²) in [6.07, 6.45) is 2.50. The summed E-state index contributed by atoms with van der Waals surface area (Å²) < 4.78 is 1.89. The molecule has 2 heterocycles. The van der Waals surface area contributed by atoms with E-state index in [-0.39, 0.29) is 0 Å². The van der Waals surface area contributed by atoms with E-state index in [0.717, 1.165) is 24.6 Å². The molecule has 1 aliphatic heterocycles. The lowest BCUT2D eigenvalue weighted by Crippen LogP contribution is -2.27. The maximum Gasteiger partial charge on any atom is 0.121 e. The van der Waals surface area contributed by atoms with Gasteiger partial charge in [0.05, 0.1) is 12.2 Å². The van der Waals surface area contributed by atoms with E-state index < -0.39 is 0 Å². The molecule has 0 unspecified atom stereocenters. The smallest absolute Gasteiger partial charge is 0.121 e. The van der Waals surface area contributed by atoms with Crippen molar-refractivity contribution in [3.05, 3.63) is 11.8 Å². The Morgan fingerprint density at radius 1 is 1.77 bits per heavy atom. The molecule has 4 heteroatoms. The summed E-state index contributed by atoms with van der Waals surface area (Å²) in [5.74, 6) is 0.770. The van der Waals surface area contributed by atoms with Gasteiger partial charge in [-0.15, -0.1) is 0 Å². The minimum atomic E-state index is 0.557. The van der Waals surface area contributed by atoms with Crippen LogP contribution in [0.25, 0.3) is 0 Å². The van der Waals surface area contributed by atoms with Gasteiger partial charge in [-0.3, -0.25) is 0 Å². The molecule has 13 heavy (non-hydrogen) atoms. The van der Waals surface area contributed by atoms with Crippen LogP contribution in [-0.2, 0) is 6.54 Å². The van der Waals surface area contributed by atoms with Crippen LogP contribution in [0.5, 0.6) is 0 Å². The molecule has 1 atom stereocenters. The molecular formula is C9H16N4. The van der Waals surface area contributed by atoms with E-state index in [1.807, 2.05) is 17.7 Å². The summed E-state index contributed by atoms with van der Waals surface area (Å²) >= 11 is 0. The highest BCUT2D eigenvalue weighted by atomic mass is 15.3. The van der Waals surface area contributed by atoms with Gasteiger partial charge in [0.15, 0.2) is 0 Å². The zero-order valence-corrected chi connectivity index (χ0v) is 7.95. The van der Waals surface area contributed by atoms with Gasteiger partial charge >= 0.3 is 0 Å². The van der Waals surface area contributed by atoms with Crippen LogP contribution in [0, 0.1) is 6.92 Å². The van der Waals surface area contributed by atoms with E-state index in [2.05, 4.69) is 10.4 Å². The van der Waals surface area contributed by atoms with Crippen LogP contribution >= 0.6 is 0 Å². The van der Waals surface area contributed by atoms with Crippen molar-refractivity contribution in [2.24, 2.45) is 0 Å². The topological polar surface area (TPSA) is 55.9 Å². The average molecular weight is 180 g/mol.